The van der Waals surface area contributed by atoms with Gasteiger partial charge in [-0.05, 0) is 42.7 Å². The number of nitrogens with one attached hydrogen (secondary N) is 2. The van der Waals surface area contributed by atoms with Gasteiger partial charge in [-0.15, -0.1) is 10.2 Å². The number of hydrogen-bond acceptors (Lipinski definition) is 4. The standard InChI is InChI=1S/C20H31ClN6S/c1-15(2)14-27-18(25-26-20(27)28-4)6-5-12-23-19(22-3)24-13-11-16-7-9-17(21)10-8-16/h7-10,15H,5-6,11-14H2,1-4H3,(H2,22,23,24). The Bertz CT molecular complexity index is 742. The first-order chi connectivity index (χ1) is 13.5. The number of hydrogen-bond donors (Lipinski definition) is 2. The van der Waals surface area contributed by atoms with Crippen molar-refractivity contribution in [3.8, 4) is 0 Å². The van der Waals surface area contributed by atoms with Crippen molar-refractivity contribution in [3.05, 3.63) is 40.7 Å². The van der Waals surface area contributed by atoms with Gasteiger partial charge in [0.05, 0.1) is 0 Å². The summed E-state index contributed by atoms with van der Waals surface area (Å²) in [5, 5.41) is 17.2. The van der Waals surface area contributed by atoms with Crippen LogP contribution in [0, 0.1) is 5.92 Å². The highest BCUT2D eigenvalue weighted by molar-refractivity contribution is 7.98. The van der Waals surface area contributed by atoms with E-state index in [1.807, 2.05) is 18.4 Å². The molecule has 2 N–H and O–H groups in total. The Morgan fingerprint density at radius 1 is 1.14 bits per heavy atom. The van der Waals surface area contributed by atoms with Crippen LogP contribution in [0.3, 0.4) is 0 Å². The average Bonchev–Trinajstić information content (AvgIpc) is 3.06. The maximum Gasteiger partial charge on any atom is 0.190 e. The molecule has 1 heterocycles. The zero-order valence-electron chi connectivity index (χ0n) is 17.2. The fourth-order valence-electron chi connectivity index (χ4n) is 2.85. The number of halogens is 1. The van der Waals surface area contributed by atoms with E-state index in [-0.39, 0.29) is 0 Å². The highest BCUT2D eigenvalue weighted by Gasteiger charge is 2.12. The van der Waals surface area contributed by atoms with Gasteiger partial charge < -0.3 is 15.2 Å². The van der Waals surface area contributed by atoms with Gasteiger partial charge in [-0.25, -0.2) is 0 Å². The van der Waals surface area contributed by atoms with Crippen molar-refractivity contribution < 1.29 is 0 Å². The Morgan fingerprint density at radius 2 is 1.86 bits per heavy atom. The largest absolute Gasteiger partial charge is 0.356 e. The Labute approximate surface area is 177 Å². The smallest absolute Gasteiger partial charge is 0.190 e. The molecule has 0 saturated carbocycles. The molecular formula is C20H31ClN6S. The van der Waals surface area contributed by atoms with Crippen LogP contribution in [0.2, 0.25) is 5.02 Å². The van der Waals surface area contributed by atoms with Gasteiger partial charge >= 0.3 is 0 Å². The number of aryl methyl sites for hydroxylation is 1. The monoisotopic (exact) mass is 422 g/mol. The first-order valence-electron chi connectivity index (χ1n) is 9.68. The van der Waals surface area contributed by atoms with Gasteiger partial charge in [-0.2, -0.15) is 0 Å². The number of benzene rings is 1. The van der Waals surface area contributed by atoms with Crippen LogP contribution in [0.15, 0.2) is 34.4 Å². The van der Waals surface area contributed by atoms with Gasteiger partial charge in [0.15, 0.2) is 11.1 Å². The summed E-state index contributed by atoms with van der Waals surface area (Å²) < 4.78 is 2.24. The predicted molar refractivity (Wildman–Crippen MR) is 119 cm³/mol. The molecule has 0 amide bonds. The molecule has 28 heavy (non-hydrogen) atoms. The molecule has 0 saturated heterocycles. The quantitative estimate of drug-likeness (QED) is 0.265. The lowest BCUT2D eigenvalue weighted by atomic mass is 10.1. The van der Waals surface area contributed by atoms with E-state index in [0.29, 0.717) is 5.92 Å². The maximum atomic E-state index is 5.92. The lowest BCUT2D eigenvalue weighted by Crippen LogP contribution is -2.38. The van der Waals surface area contributed by atoms with Gasteiger partial charge in [-0.1, -0.05) is 49.3 Å². The number of aliphatic imine (C=N–C) groups is 1. The normalized spacial score (nSPS) is 11.9. The van der Waals surface area contributed by atoms with E-state index in [1.165, 1.54) is 5.56 Å². The molecular weight excluding hydrogens is 392 g/mol. The van der Waals surface area contributed by atoms with Crippen LogP contribution >= 0.6 is 23.4 Å². The zero-order valence-corrected chi connectivity index (χ0v) is 18.8. The van der Waals surface area contributed by atoms with Crippen LogP contribution in [-0.2, 0) is 19.4 Å². The molecule has 6 nitrogen and oxygen atoms in total. The Balaban J connectivity index is 1.73. The SMILES string of the molecule is CN=C(NCCCc1nnc(SC)n1CC(C)C)NCCc1ccc(Cl)cc1. The number of aromatic nitrogens is 3. The summed E-state index contributed by atoms with van der Waals surface area (Å²) in [5.74, 6) is 2.45. The molecule has 0 unspecified atom stereocenters. The second-order valence-corrected chi connectivity index (χ2v) is 8.22. The van der Waals surface area contributed by atoms with Gasteiger partial charge in [-0.3, -0.25) is 4.99 Å². The number of guanidine groups is 1. The van der Waals surface area contributed by atoms with Crippen molar-refractivity contribution in [2.45, 2.75) is 44.8 Å². The maximum absolute atomic E-state index is 5.92. The third-order valence-corrected chi connectivity index (χ3v) is 5.16. The minimum Gasteiger partial charge on any atom is -0.356 e. The van der Waals surface area contributed by atoms with Crippen molar-refractivity contribution in [2.75, 3.05) is 26.4 Å². The summed E-state index contributed by atoms with van der Waals surface area (Å²) in [6.45, 7) is 7.05. The van der Waals surface area contributed by atoms with Crippen molar-refractivity contribution >= 4 is 29.3 Å². The molecule has 8 heteroatoms. The fourth-order valence-corrected chi connectivity index (χ4v) is 3.50. The van der Waals surface area contributed by atoms with Crippen molar-refractivity contribution in [3.63, 3.8) is 0 Å². The number of rotatable bonds is 10. The van der Waals surface area contributed by atoms with Crippen molar-refractivity contribution in [2.24, 2.45) is 10.9 Å². The lowest BCUT2D eigenvalue weighted by molar-refractivity contribution is 0.477. The summed E-state index contributed by atoms with van der Waals surface area (Å²) in [7, 11) is 1.79. The van der Waals surface area contributed by atoms with Crippen LogP contribution in [0.1, 0.15) is 31.7 Å². The molecule has 0 aliphatic rings. The van der Waals surface area contributed by atoms with E-state index in [0.717, 1.165) is 60.9 Å². The van der Waals surface area contributed by atoms with Crippen LogP contribution in [0.5, 0.6) is 0 Å². The Kier molecular flexibility index (Phi) is 9.64. The second kappa shape index (κ2) is 12.0. The molecule has 0 bridgehead atoms. The van der Waals surface area contributed by atoms with Crippen molar-refractivity contribution in [1.82, 2.24) is 25.4 Å². The van der Waals surface area contributed by atoms with Gasteiger partial charge in [0.1, 0.15) is 5.82 Å². The summed E-state index contributed by atoms with van der Waals surface area (Å²) >= 11 is 7.57. The molecule has 0 radical (unpaired) electrons. The van der Waals surface area contributed by atoms with E-state index in [4.69, 9.17) is 11.6 Å². The average molecular weight is 423 g/mol. The molecule has 0 aliphatic carbocycles. The molecule has 1 aromatic carbocycles. The molecule has 0 aliphatic heterocycles. The first kappa shape index (κ1) is 22.6. The molecule has 2 rings (SSSR count). The Morgan fingerprint density at radius 3 is 2.50 bits per heavy atom. The van der Waals surface area contributed by atoms with Gasteiger partial charge in [0.2, 0.25) is 0 Å². The van der Waals surface area contributed by atoms with E-state index in [1.54, 1.807) is 18.8 Å². The lowest BCUT2D eigenvalue weighted by Gasteiger charge is -2.13. The summed E-state index contributed by atoms with van der Waals surface area (Å²) in [5.41, 5.74) is 1.25. The summed E-state index contributed by atoms with van der Waals surface area (Å²) in [6, 6.07) is 7.95. The highest BCUT2D eigenvalue weighted by atomic mass is 35.5. The van der Waals surface area contributed by atoms with Gasteiger partial charge in [0.25, 0.3) is 0 Å². The fraction of sp³-hybridized carbons (Fsp3) is 0.550. The number of thioether (sulfide) groups is 1. The van der Waals surface area contributed by atoms with Crippen LogP contribution in [-0.4, -0.2) is 47.1 Å². The minimum absolute atomic E-state index is 0.572. The van der Waals surface area contributed by atoms with Gasteiger partial charge in [0, 0.05) is 38.1 Å². The molecule has 1 aromatic heterocycles. The summed E-state index contributed by atoms with van der Waals surface area (Å²) in [4.78, 5) is 4.29. The zero-order chi connectivity index (χ0) is 20.4. The summed E-state index contributed by atoms with van der Waals surface area (Å²) in [6.07, 6.45) is 4.84. The minimum atomic E-state index is 0.572. The van der Waals surface area contributed by atoms with Crippen LogP contribution < -0.4 is 10.6 Å². The van der Waals surface area contributed by atoms with E-state index in [2.05, 4.69) is 56.4 Å². The topological polar surface area (TPSA) is 67.1 Å². The van der Waals surface area contributed by atoms with E-state index < -0.39 is 0 Å². The second-order valence-electron chi connectivity index (χ2n) is 7.01. The molecule has 2 aromatic rings. The Hall–Kier alpha value is -1.73. The molecule has 154 valence electrons. The predicted octanol–water partition coefficient (Wildman–Crippen LogP) is 3.65. The molecule has 0 atom stereocenters. The van der Waals surface area contributed by atoms with Crippen LogP contribution in [0.25, 0.3) is 0 Å². The van der Waals surface area contributed by atoms with Crippen LogP contribution in [0.4, 0.5) is 0 Å². The number of nitrogens with zero attached hydrogens (tertiary/aromatic N) is 4. The van der Waals surface area contributed by atoms with E-state index >= 15 is 0 Å². The third-order valence-electron chi connectivity index (χ3n) is 4.24. The molecule has 0 fully saturated rings. The first-order valence-corrected chi connectivity index (χ1v) is 11.3. The molecule has 0 spiro atoms. The van der Waals surface area contributed by atoms with E-state index in [9.17, 15) is 0 Å². The van der Waals surface area contributed by atoms with Crippen molar-refractivity contribution in [1.29, 1.82) is 0 Å². The third kappa shape index (κ3) is 7.36. The highest BCUT2D eigenvalue weighted by Crippen LogP contribution is 2.16.